The lowest BCUT2D eigenvalue weighted by molar-refractivity contribution is -0.127. The molecule has 0 saturated heterocycles. The van der Waals surface area contributed by atoms with Gasteiger partial charge in [-0.3, -0.25) is 4.79 Å². The van der Waals surface area contributed by atoms with Crippen molar-refractivity contribution < 1.29 is 19.4 Å². The first-order chi connectivity index (χ1) is 9.43. The summed E-state index contributed by atoms with van der Waals surface area (Å²) >= 11 is 11.7. The van der Waals surface area contributed by atoms with Gasteiger partial charge in [-0.15, -0.1) is 0 Å². The minimum absolute atomic E-state index is 0.0920. The van der Waals surface area contributed by atoms with E-state index in [9.17, 15) is 9.90 Å². The highest BCUT2D eigenvalue weighted by atomic mass is 35.5. The Morgan fingerprint density at radius 3 is 2.75 bits per heavy atom. The Labute approximate surface area is 127 Å². The van der Waals surface area contributed by atoms with Gasteiger partial charge < -0.3 is 19.9 Å². The summed E-state index contributed by atoms with van der Waals surface area (Å²) in [6.45, 7) is 1.83. The van der Waals surface area contributed by atoms with Crippen LogP contribution in [0.3, 0.4) is 0 Å². The number of aliphatic hydroxyl groups excluding tert-OH is 1. The van der Waals surface area contributed by atoms with Crippen molar-refractivity contribution in [3.8, 4) is 5.75 Å². The molecule has 0 heterocycles. The first kappa shape index (κ1) is 17.0. The number of ether oxygens (including phenoxy) is 2. The summed E-state index contributed by atoms with van der Waals surface area (Å²) in [7, 11) is 1.47. The van der Waals surface area contributed by atoms with Gasteiger partial charge in [-0.2, -0.15) is 0 Å². The fourth-order valence-corrected chi connectivity index (χ4v) is 1.88. The van der Waals surface area contributed by atoms with E-state index in [1.54, 1.807) is 19.1 Å². The first-order valence-electron chi connectivity index (χ1n) is 6.00. The van der Waals surface area contributed by atoms with Crippen LogP contribution in [-0.4, -0.2) is 43.5 Å². The largest absolute Gasteiger partial charge is 0.479 e. The van der Waals surface area contributed by atoms with E-state index in [0.29, 0.717) is 15.8 Å². The smallest absolute Gasteiger partial charge is 0.260 e. The molecule has 20 heavy (non-hydrogen) atoms. The van der Waals surface area contributed by atoms with Crippen LogP contribution in [0.4, 0.5) is 0 Å². The zero-order valence-corrected chi connectivity index (χ0v) is 12.7. The molecule has 0 aliphatic carbocycles. The van der Waals surface area contributed by atoms with Crippen LogP contribution in [0.25, 0.3) is 0 Å². The van der Waals surface area contributed by atoms with Gasteiger partial charge in [-0.25, -0.2) is 0 Å². The minimum Gasteiger partial charge on any atom is -0.479 e. The van der Waals surface area contributed by atoms with Crippen LogP contribution >= 0.6 is 23.2 Å². The lowest BCUT2D eigenvalue weighted by Gasteiger charge is -2.17. The van der Waals surface area contributed by atoms with Crippen molar-refractivity contribution >= 4 is 29.1 Å². The highest BCUT2D eigenvalue weighted by Gasteiger charge is 2.17. The fraction of sp³-hybridized carbons (Fsp3) is 0.462. The van der Waals surface area contributed by atoms with Crippen molar-refractivity contribution in [3.63, 3.8) is 0 Å². The molecule has 112 valence electrons. The molecule has 1 rings (SSSR count). The van der Waals surface area contributed by atoms with Gasteiger partial charge in [0.2, 0.25) is 0 Å². The molecule has 5 nitrogen and oxygen atoms in total. The zero-order chi connectivity index (χ0) is 15.1. The van der Waals surface area contributed by atoms with E-state index >= 15 is 0 Å². The SMILES string of the molecule is COCC(O)CNC(=O)C(C)Oc1ccc(Cl)cc1Cl. The Bertz CT molecular complexity index is 456. The summed E-state index contributed by atoms with van der Waals surface area (Å²) < 4.78 is 10.2. The average molecular weight is 322 g/mol. The topological polar surface area (TPSA) is 67.8 Å². The average Bonchev–Trinajstić information content (AvgIpc) is 2.39. The van der Waals surface area contributed by atoms with Gasteiger partial charge in [0.25, 0.3) is 5.91 Å². The van der Waals surface area contributed by atoms with Gasteiger partial charge in [0.05, 0.1) is 17.7 Å². The van der Waals surface area contributed by atoms with Crippen molar-refractivity contribution in [3.05, 3.63) is 28.2 Å². The summed E-state index contributed by atoms with van der Waals surface area (Å²) in [6, 6.07) is 4.75. The fourth-order valence-electron chi connectivity index (χ4n) is 1.43. The highest BCUT2D eigenvalue weighted by Crippen LogP contribution is 2.28. The van der Waals surface area contributed by atoms with E-state index in [1.807, 2.05) is 0 Å². The molecule has 0 bridgehead atoms. The number of carbonyl (C=O) groups excluding carboxylic acids is 1. The standard InChI is InChI=1S/C13H17Cl2NO4/c1-8(13(18)16-6-10(17)7-19-2)20-12-4-3-9(14)5-11(12)15/h3-5,8,10,17H,6-7H2,1-2H3,(H,16,18). The Hall–Kier alpha value is -1.01. The number of methoxy groups -OCH3 is 1. The lowest BCUT2D eigenvalue weighted by Crippen LogP contribution is -2.41. The molecule has 0 saturated carbocycles. The van der Waals surface area contributed by atoms with E-state index < -0.39 is 12.2 Å². The number of carbonyl (C=O) groups is 1. The molecular weight excluding hydrogens is 305 g/mol. The third kappa shape index (κ3) is 5.54. The number of rotatable bonds is 7. The molecule has 2 unspecified atom stereocenters. The van der Waals surface area contributed by atoms with Gasteiger partial charge in [-0.05, 0) is 25.1 Å². The second kappa shape index (κ2) is 8.32. The lowest BCUT2D eigenvalue weighted by atomic mass is 10.3. The highest BCUT2D eigenvalue weighted by molar-refractivity contribution is 6.35. The molecule has 0 spiro atoms. The molecule has 0 aliphatic heterocycles. The van der Waals surface area contributed by atoms with Crippen LogP contribution in [0.2, 0.25) is 10.0 Å². The van der Waals surface area contributed by atoms with Gasteiger partial charge in [0.1, 0.15) is 5.75 Å². The van der Waals surface area contributed by atoms with E-state index in [2.05, 4.69) is 5.32 Å². The molecule has 0 aromatic heterocycles. The first-order valence-corrected chi connectivity index (χ1v) is 6.76. The number of hydrogen-bond acceptors (Lipinski definition) is 4. The second-order valence-electron chi connectivity index (χ2n) is 4.19. The Kier molecular flexibility index (Phi) is 7.09. The van der Waals surface area contributed by atoms with Crippen LogP contribution < -0.4 is 10.1 Å². The molecule has 0 fully saturated rings. The van der Waals surface area contributed by atoms with Crippen LogP contribution in [0, 0.1) is 0 Å². The second-order valence-corrected chi connectivity index (χ2v) is 5.03. The van der Waals surface area contributed by atoms with E-state index in [4.69, 9.17) is 32.7 Å². The minimum atomic E-state index is -0.754. The van der Waals surface area contributed by atoms with E-state index in [-0.39, 0.29) is 19.1 Å². The monoisotopic (exact) mass is 321 g/mol. The molecule has 1 aromatic carbocycles. The van der Waals surface area contributed by atoms with Crippen molar-refractivity contribution in [2.24, 2.45) is 0 Å². The summed E-state index contributed by atoms with van der Waals surface area (Å²) in [6.07, 6.45) is -1.50. The molecule has 2 N–H and O–H groups in total. The van der Waals surface area contributed by atoms with Gasteiger partial charge in [0.15, 0.2) is 6.10 Å². The summed E-state index contributed by atoms with van der Waals surface area (Å²) in [4.78, 5) is 11.8. The van der Waals surface area contributed by atoms with Gasteiger partial charge >= 0.3 is 0 Å². The molecule has 2 atom stereocenters. The Morgan fingerprint density at radius 2 is 2.15 bits per heavy atom. The number of nitrogens with one attached hydrogen (secondary N) is 1. The van der Waals surface area contributed by atoms with Gasteiger partial charge in [0, 0.05) is 18.7 Å². The molecule has 0 radical (unpaired) electrons. The Balaban J connectivity index is 2.49. The quantitative estimate of drug-likeness (QED) is 0.804. The maximum absolute atomic E-state index is 11.8. The number of amides is 1. The number of halogens is 2. The molecule has 0 aliphatic rings. The normalized spacial score (nSPS) is 13.7. The van der Waals surface area contributed by atoms with Crippen molar-refractivity contribution in [2.75, 3.05) is 20.3 Å². The molecule has 7 heteroatoms. The van der Waals surface area contributed by atoms with Gasteiger partial charge in [-0.1, -0.05) is 23.2 Å². The molecular formula is C13H17Cl2NO4. The van der Waals surface area contributed by atoms with E-state index in [1.165, 1.54) is 13.2 Å². The maximum Gasteiger partial charge on any atom is 0.260 e. The van der Waals surface area contributed by atoms with Crippen LogP contribution in [-0.2, 0) is 9.53 Å². The van der Waals surface area contributed by atoms with Crippen molar-refractivity contribution in [2.45, 2.75) is 19.1 Å². The summed E-state index contributed by atoms with van der Waals surface area (Å²) in [5.74, 6) is 0.0160. The third-order valence-corrected chi connectivity index (χ3v) is 2.97. The van der Waals surface area contributed by atoms with Crippen LogP contribution in [0.5, 0.6) is 5.75 Å². The third-order valence-electron chi connectivity index (χ3n) is 2.44. The van der Waals surface area contributed by atoms with Crippen LogP contribution in [0.1, 0.15) is 6.92 Å². The maximum atomic E-state index is 11.8. The summed E-state index contributed by atoms with van der Waals surface area (Å²) in [5, 5.41) is 12.8. The Morgan fingerprint density at radius 1 is 1.45 bits per heavy atom. The van der Waals surface area contributed by atoms with E-state index in [0.717, 1.165) is 0 Å². The zero-order valence-electron chi connectivity index (χ0n) is 11.2. The summed E-state index contributed by atoms with van der Waals surface area (Å²) in [5.41, 5.74) is 0. The number of aliphatic hydroxyl groups is 1. The molecule has 1 aromatic rings. The predicted molar refractivity (Wildman–Crippen MR) is 77.4 cm³/mol. The van der Waals surface area contributed by atoms with Crippen molar-refractivity contribution in [1.29, 1.82) is 0 Å². The number of benzene rings is 1. The van der Waals surface area contributed by atoms with Crippen LogP contribution in [0.15, 0.2) is 18.2 Å². The van der Waals surface area contributed by atoms with Crippen molar-refractivity contribution in [1.82, 2.24) is 5.32 Å². The predicted octanol–water partition coefficient (Wildman–Crippen LogP) is 1.88. The number of hydrogen-bond donors (Lipinski definition) is 2. The molecule has 1 amide bonds.